The number of benzene rings is 1. The number of nitrogens with zero attached hydrogens (tertiary/aromatic N) is 2. The highest BCUT2D eigenvalue weighted by atomic mass is 16.4. The molecule has 1 fully saturated rings. The summed E-state index contributed by atoms with van der Waals surface area (Å²) >= 11 is 0. The van der Waals surface area contributed by atoms with Gasteiger partial charge < -0.3 is 5.11 Å². The molecular weight excluding hydrogens is 252 g/mol. The Morgan fingerprint density at radius 2 is 1.58 bits per heavy atom. The van der Waals surface area contributed by atoms with Crippen LogP contribution in [0.15, 0.2) is 30.3 Å². The van der Waals surface area contributed by atoms with Crippen molar-refractivity contribution in [2.45, 2.75) is 6.54 Å². The molecule has 7 heteroatoms. The van der Waals surface area contributed by atoms with Gasteiger partial charge in [-0.1, -0.05) is 30.3 Å². The molecule has 0 spiro atoms. The molecule has 1 aromatic rings. The molecule has 1 aromatic carbocycles. The molecule has 19 heavy (non-hydrogen) atoms. The van der Waals surface area contributed by atoms with Crippen molar-refractivity contribution < 1.29 is 24.3 Å². The van der Waals surface area contributed by atoms with E-state index in [-0.39, 0.29) is 6.54 Å². The van der Waals surface area contributed by atoms with Gasteiger partial charge in [0.25, 0.3) is 0 Å². The number of carboxylic acids is 1. The van der Waals surface area contributed by atoms with E-state index in [1.807, 2.05) is 0 Å². The number of amides is 4. The Hall–Kier alpha value is -2.70. The molecule has 0 saturated carbocycles. The zero-order valence-corrected chi connectivity index (χ0v) is 9.78. The molecule has 0 bridgehead atoms. The van der Waals surface area contributed by atoms with Gasteiger partial charge >= 0.3 is 23.8 Å². The number of hydrogen-bond acceptors (Lipinski definition) is 4. The lowest BCUT2D eigenvalue weighted by Crippen LogP contribution is -2.36. The van der Waals surface area contributed by atoms with E-state index in [0.29, 0.717) is 10.5 Å². The summed E-state index contributed by atoms with van der Waals surface area (Å²) < 4.78 is 0. The highest BCUT2D eigenvalue weighted by Gasteiger charge is 2.45. The van der Waals surface area contributed by atoms with E-state index in [1.54, 1.807) is 30.3 Å². The first-order valence-corrected chi connectivity index (χ1v) is 5.43. The Kier molecular flexibility index (Phi) is 3.28. The summed E-state index contributed by atoms with van der Waals surface area (Å²) in [4.78, 5) is 46.7. The second-order valence-electron chi connectivity index (χ2n) is 3.94. The minimum atomic E-state index is -1.35. The largest absolute Gasteiger partial charge is 0.480 e. The van der Waals surface area contributed by atoms with Gasteiger partial charge in [-0.3, -0.25) is 19.3 Å². The summed E-state index contributed by atoms with van der Waals surface area (Å²) in [5, 5.41) is 8.60. The molecule has 2 rings (SSSR count). The molecule has 7 nitrogen and oxygen atoms in total. The number of carbonyl (C=O) groups is 4. The van der Waals surface area contributed by atoms with E-state index in [1.165, 1.54) is 0 Å². The molecule has 0 aliphatic carbocycles. The fraction of sp³-hybridized carbons (Fsp3) is 0.167. The van der Waals surface area contributed by atoms with Gasteiger partial charge in [-0.05, 0) is 5.56 Å². The minimum Gasteiger partial charge on any atom is -0.480 e. The van der Waals surface area contributed by atoms with E-state index in [2.05, 4.69) is 0 Å². The average molecular weight is 262 g/mol. The van der Waals surface area contributed by atoms with Crippen LogP contribution in [-0.2, 0) is 20.9 Å². The third kappa shape index (κ3) is 2.44. The van der Waals surface area contributed by atoms with Crippen molar-refractivity contribution in [1.29, 1.82) is 0 Å². The lowest BCUT2D eigenvalue weighted by Gasteiger charge is -2.13. The van der Waals surface area contributed by atoms with Gasteiger partial charge in [-0.15, -0.1) is 0 Å². The maximum atomic E-state index is 11.8. The fourth-order valence-corrected chi connectivity index (χ4v) is 1.73. The smallest absolute Gasteiger partial charge is 0.335 e. The van der Waals surface area contributed by atoms with Crippen molar-refractivity contribution in [3.63, 3.8) is 0 Å². The lowest BCUT2D eigenvalue weighted by atomic mass is 10.2. The first kappa shape index (κ1) is 12.7. The maximum Gasteiger partial charge on any atom is 0.335 e. The minimum absolute atomic E-state index is 0.0552. The monoisotopic (exact) mass is 262 g/mol. The van der Waals surface area contributed by atoms with Gasteiger partial charge in [0.1, 0.15) is 6.54 Å². The molecule has 1 heterocycles. The Bertz CT molecular complexity index is 554. The van der Waals surface area contributed by atoms with Gasteiger partial charge in [0.15, 0.2) is 0 Å². The van der Waals surface area contributed by atoms with E-state index >= 15 is 0 Å². The van der Waals surface area contributed by atoms with Crippen molar-refractivity contribution in [2.75, 3.05) is 6.54 Å². The first-order valence-electron chi connectivity index (χ1n) is 5.43. The van der Waals surface area contributed by atoms with Gasteiger partial charge in [-0.25, -0.2) is 9.69 Å². The van der Waals surface area contributed by atoms with Gasteiger partial charge in [0, 0.05) is 0 Å². The topological polar surface area (TPSA) is 95.0 Å². The zero-order chi connectivity index (χ0) is 14.0. The lowest BCUT2D eigenvalue weighted by molar-refractivity contribution is -0.146. The van der Waals surface area contributed by atoms with Gasteiger partial charge in [0.2, 0.25) is 0 Å². The van der Waals surface area contributed by atoms with Crippen LogP contribution in [0.1, 0.15) is 5.56 Å². The van der Waals surface area contributed by atoms with Crippen LogP contribution in [0.4, 0.5) is 4.79 Å². The summed E-state index contributed by atoms with van der Waals surface area (Å²) in [5.41, 5.74) is 0.675. The Balaban J connectivity index is 2.18. The zero-order valence-electron chi connectivity index (χ0n) is 9.78. The quantitative estimate of drug-likeness (QED) is 0.611. The number of carboxylic acid groups (broad SMARTS) is 1. The molecule has 98 valence electrons. The normalized spacial score (nSPS) is 15.3. The fourth-order valence-electron chi connectivity index (χ4n) is 1.73. The summed E-state index contributed by atoms with van der Waals surface area (Å²) in [6.07, 6.45) is 0. The van der Waals surface area contributed by atoms with Crippen LogP contribution in [0.3, 0.4) is 0 Å². The van der Waals surface area contributed by atoms with Crippen molar-refractivity contribution in [3.05, 3.63) is 35.9 Å². The van der Waals surface area contributed by atoms with E-state index in [0.717, 1.165) is 4.90 Å². The molecule has 0 aromatic heterocycles. The van der Waals surface area contributed by atoms with E-state index in [4.69, 9.17) is 5.11 Å². The highest BCUT2D eigenvalue weighted by Crippen LogP contribution is 2.15. The predicted octanol–water partition coefficient (Wildman–Crippen LogP) is 0.0620. The summed E-state index contributed by atoms with van der Waals surface area (Å²) in [7, 11) is 0. The molecular formula is C12H10N2O5. The van der Waals surface area contributed by atoms with Crippen LogP contribution in [0.2, 0.25) is 0 Å². The van der Waals surface area contributed by atoms with Gasteiger partial charge in [-0.2, -0.15) is 0 Å². The van der Waals surface area contributed by atoms with Crippen LogP contribution < -0.4 is 0 Å². The van der Waals surface area contributed by atoms with Crippen molar-refractivity contribution in [1.82, 2.24) is 9.80 Å². The van der Waals surface area contributed by atoms with Gasteiger partial charge in [0.05, 0.1) is 6.54 Å². The third-order valence-electron chi connectivity index (χ3n) is 2.61. The second kappa shape index (κ2) is 4.89. The van der Waals surface area contributed by atoms with Crippen molar-refractivity contribution >= 4 is 23.8 Å². The SMILES string of the molecule is O=C(O)CN1C(=O)C(=O)N(Cc2ccccc2)C1=O. The Morgan fingerprint density at radius 1 is 1.00 bits per heavy atom. The van der Waals surface area contributed by atoms with Crippen LogP contribution in [-0.4, -0.2) is 45.3 Å². The molecule has 4 amide bonds. The number of urea groups is 1. The molecule has 0 radical (unpaired) electrons. The molecule has 1 saturated heterocycles. The number of carbonyl (C=O) groups excluding carboxylic acids is 3. The number of aliphatic carboxylic acids is 1. The average Bonchev–Trinajstić information content (AvgIpc) is 2.57. The third-order valence-corrected chi connectivity index (χ3v) is 2.61. The molecule has 1 aliphatic heterocycles. The number of imide groups is 2. The standard InChI is InChI=1S/C12H10N2O5/c15-9(16)7-14-11(18)10(17)13(12(14)19)6-8-4-2-1-3-5-8/h1-5H,6-7H2,(H,15,16). The summed E-state index contributed by atoms with van der Waals surface area (Å²) in [5.74, 6) is -3.46. The Labute approximate surface area is 108 Å². The van der Waals surface area contributed by atoms with Crippen LogP contribution in [0.25, 0.3) is 0 Å². The number of hydrogen-bond donors (Lipinski definition) is 1. The first-order chi connectivity index (χ1) is 9.00. The second-order valence-corrected chi connectivity index (χ2v) is 3.94. The highest BCUT2D eigenvalue weighted by molar-refractivity contribution is 6.44. The molecule has 0 unspecified atom stereocenters. The van der Waals surface area contributed by atoms with Crippen molar-refractivity contribution in [3.8, 4) is 0 Å². The van der Waals surface area contributed by atoms with Crippen LogP contribution in [0, 0.1) is 0 Å². The summed E-state index contributed by atoms with van der Waals surface area (Å²) in [6, 6.07) is 7.74. The van der Waals surface area contributed by atoms with Crippen LogP contribution in [0.5, 0.6) is 0 Å². The van der Waals surface area contributed by atoms with E-state index < -0.39 is 30.4 Å². The molecule has 0 atom stereocenters. The van der Waals surface area contributed by atoms with Crippen molar-refractivity contribution in [2.24, 2.45) is 0 Å². The number of rotatable bonds is 4. The maximum absolute atomic E-state index is 11.8. The molecule has 1 aliphatic rings. The van der Waals surface area contributed by atoms with Crippen LogP contribution >= 0.6 is 0 Å². The summed E-state index contributed by atoms with van der Waals surface area (Å²) in [6.45, 7) is -0.866. The Morgan fingerprint density at radius 3 is 2.16 bits per heavy atom. The van der Waals surface area contributed by atoms with E-state index in [9.17, 15) is 19.2 Å². The predicted molar refractivity (Wildman–Crippen MR) is 61.7 cm³/mol. The molecule has 1 N–H and O–H groups in total.